The van der Waals surface area contributed by atoms with Crippen LogP contribution in [-0.4, -0.2) is 4.98 Å². The summed E-state index contributed by atoms with van der Waals surface area (Å²) in [4.78, 5) is 15.7. The van der Waals surface area contributed by atoms with Crippen molar-refractivity contribution in [2.45, 2.75) is 0 Å². The van der Waals surface area contributed by atoms with E-state index in [4.69, 9.17) is 10.2 Å². The highest BCUT2D eigenvalue weighted by atomic mass is 16.4. The first-order chi connectivity index (χ1) is 9.25. The minimum atomic E-state index is -0.437. The highest BCUT2D eigenvalue weighted by Gasteiger charge is 2.11. The number of fused-ring (bicyclic) bond motifs is 1. The van der Waals surface area contributed by atoms with Crippen LogP contribution >= 0.6 is 0 Å². The minimum Gasteiger partial charge on any atom is -0.404 e. The predicted molar refractivity (Wildman–Crippen MR) is 74.4 cm³/mol. The summed E-state index contributed by atoms with van der Waals surface area (Å²) in [5.74, 6) is 0.0699. The van der Waals surface area contributed by atoms with Crippen molar-refractivity contribution in [3.05, 3.63) is 59.2 Å². The van der Waals surface area contributed by atoms with Crippen molar-refractivity contribution in [2.75, 3.05) is 11.1 Å². The molecule has 0 amide bonds. The van der Waals surface area contributed by atoms with Gasteiger partial charge >= 0.3 is 5.63 Å². The highest BCUT2D eigenvalue weighted by molar-refractivity contribution is 5.98. The Morgan fingerprint density at radius 1 is 1.05 bits per heavy atom. The van der Waals surface area contributed by atoms with E-state index in [0.717, 1.165) is 11.1 Å². The standard InChI is InChI=1S/C14H11N3O2/c15-13-12(17-9-5-7-16-8-6-9)10-3-1-2-4-11(10)14(18)19-13/h1-8H,15H2,(H,16,17). The van der Waals surface area contributed by atoms with Gasteiger partial charge in [0.15, 0.2) is 0 Å². The molecule has 0 bridgehead atoms. The fourth-order valence-corrected chi connectivity index (χ4v) is 1.93. The van der Waals surface area contributed by atoms with Gasteiger partial charge in [-0.3, -0.25) is 4.98 Å². The number of benzene rings is 1. The lowest BCUT2D eigenvalue weighted by Gasteiger charge is -2.10. The van der Waals surface area contributed by atoms with Crippen molar-refractivity contribution >= 4 is 28.0 Å². The second-order valence-corrected chi connectivity index (χ2v) is 4.04. The molecule has 0 radical (unpaired) electrons. The third-order valence-electron chi connectivity index (χ3n) is 2.82. The van der Waals surface area contributed by atoms with Crippen LogP contribution in [0.1, 0.15) is 0 Å². The van der Waals surface area contributed by atoms with E-state index in [1.54, 1.807) is 36.7 Å². The molecule has 0 saturated heterocycles. The Balaban J connectivity index is 2.21. The van der Waals surface area contributed by atoms with Gasteiger partial charge in [0.1, 0.15) is 5.69 Å². The maximum absolute atomic E-state index is 11.7. The molecule has 5 nitrogen and oxygen atoms in total. The van der Waals surface area contributed by atoms with Crippen LogP contribution in [0.3, 0.4) is 0 Å². The van der Waals surface area contributed by atoms with E-state index in [1.807, 2.05) is 12.1 Å². The summed E-state index contributed by atoms with van der Waals surface area (Å²) in [5, 5.41) is 4.37. The molecule has 0 aliphatic rings. The van der Waals surface area contributed by atoms with Gasteiger partial charge in [-0.1, -0.05) is 18.2 Å². The van der Waals surface area contributed by atoms with Gasteiger partial charge in [-0.2, -0.15) is 0 Å². The maximum atomic E-state index is 11.7. The molecule has 0 atom stereocenters. The first kappa shape index (κ1) is 11.3. The average molecular weight is 253 g/mol. The quantitative estimate of drug-likeness (QED) is 0.733. The van der Waals surface area contributed by atoms with Crippen LogP contribution < -0.4 is 16.7 Å². The molecule has 1 aromatic carbocycles. The van der Waals surface area contributed by atoms with Crippen molar-refractivity contribution in [1.82, 2.24) is 4.98 Å². The Morgan fingerprint density at radius 3 is 2.47 bits per heavy atom. The fourth-order valence-electron chi connectivity index (χ4n) is 1.93. The van der Waals surface area contributed by atoms with Crippen molar-refractivity contribution in [3.63, 3.8) is 0 Å². The summed E-state index contributed by atoms with van der Waals surface area (Å²) in [6.45, 7) is 0. The van der Waals surface area contributed by atoms with Crippen molar-refractivity contribution < 1.29 is 4.42 Å². The summed E-state index contributed by atoms with van der Waals surface area (Å²) in [6, 6.07) is 10.8. The van der Waals surface area contributed by atoms with Crippen molar-refractivity contribution in [3.8, 4) is 0 Å². The molecule has 0 aliphatic carbocycles. The topological polar surface area (TPSA) is 81.1 Å². The number of nitrogen functional groups attached to an aromatic ring is 1. The summed E-state index contributed by atoms with van der Waals surface area (Å²) in [7, 11) is 0. The van der Waals surface area contributed by atoms with Crippen LogP contribution in [0.15, 0.2) is 58.0 Å². The molecule has 0 fully saturated rings. The second-order valence-electron chi connectivity index (χ2n) is 4.04. The summed E-state index contributed by atoms with van der Waals surface area (Å²) >= 11 is 0. The number of anilines is 3. The van der Waals surface area contributed by atoms with Gasteiger partial charge in [-0.05, 0) is 18.2 Å². The zero-order valence-corrected chi connectivity index (χ0v) is 9.96. The first-order valence-electron chi connectivity index (χ1n) is 5.74. The Bertz CT molecular complexity index is 782. The maximum Gasteiger partial charge on any atom is 0.345 e. The zero-order chi connectivity index (χ0) is 13.2. The highest BCUT2D eigenvalue weighted by Crippen LogP contribution is 2.29. The lowest BCUT2D eigenvalue weighted by molar-refractivity contribution is 0.542. The second kappa shape index (κ2) is 4.45. The molecular formula is C14H11N3O2. The van der Waals surface area contributed by atoms with E-state index in [-0.39, 0.29) is 5.88 Å². The van der Waals surface area contributed by atoms with Gasteiger partial charge in [0.05, 0.1) is 5.39 Å². The van der Waals surface area contributed by atoms with Gasteiger partial charge < -0.3 is 15.5 Å². The Morgan fingerprint density at radius 2 is 1.74 bits per heavy atom. The monoisotopic (exact) mass is 253 g/mol. The van der Waals surface area contributed by atoms with E-state index in [1.165, 1.54) is 0 Å². The van der Waals surface area contributed by atoms with E-state index in [9.17, 15) is 4.79 Å². The molecule has 0 aliphatic heterocycles. The number of pyridine rings is 1. The van der Waals surface area contributed by atoms with Crippen molar-refractivity contribution in [1.29, 1.82) is 0 Å². The molecule has 0 spiro atoms. The van der Waals surface area contributed by atoms with Crippen LogP contribution in [0.2, 0.25) is 0 Å². The van der Waals surface area contributed by atoms with E-state index < -0.39 is 5.63 Å². The molecule has 5 heteroatoms. The molecule has 3 aromatic rings. The molecule has 3 N–H and O–H groups in total. The minimum absolute atomic E-state index is 0.0699. The predicted octanol–water partition coefficient (Wildman–Crippen LogP) is 2.51. The number of hydrogen-bond acceptors (Lipinski definition) is 5. The summed E-state index contributed by atoms with van der Waals surface area (Å²) < 4.78 is 5.04. The van der Waals surface area contributed by atoms with Crippen LogP contribution in [0.25, 0.3) is 10.8 Å². The normalized spacial score (nSPS) is 10.5. The number of aromatic nitrogens is 1. The molecule has 2 heterocycles. The van der Waals surface area contributed by atoms with Gasteiger partial charge in [-0.25, -0.2) is 4.79 Å². The Labute approximate surface area is 108 Å². The first-order valence-corrected chi connectivity index (χ1v) is 5.74. The number of rotatable bonds is 2. The molecule has 19 heavy (non-hydrogen) atoms. The van der Waals surface area contributed by atoms with Gasteiger partial charge in [-0.15, -0.1) is 0 Å². The molecule has 0 saturated carbocycles. The van der Waals surface area contributed by atoms with Gasteiger partial charge in [0, 0.05) is 23.5 Å². The molecule has 94 valence electrons. The third-order valence-corrected chi connectivity index (χ3v) is 2.82. The fraction of sp³-hybridized carbons (Fsp3) is 0. The number of hydrogen-bond donors (Lipinski definition) is 2. The van der Waals surface area contributed by atoms with Crippen LogP contribution in [0.4, 0.5) is 17.3 Å². The molecule has 0 unspecified atom stereocenters. The van der Waals surface area contributed by atoms with Gasteiger partial charge in [0.2, 0.25) is 5.88 Å². The lowest BCUT2D eigenvalue weighted by atomic mass is 10.1. The summed E-state index contributed by atoms with van der Waals surface area (Å²) in [6.07, 6.45) is 3.33. The van der Waals surface area contributed by atoms with E-state index >= 15 is 0 Å². The Kier molecular flexibility index (Phi) is 2.64. The van der Waals surface area contributed by atoms with Crippen molar-refractivity contribution in [2.24, 2.45) is 0 Å². The number of nitrogens with one attached hydrogen (secondary N) is 1. The van der Waals surface area contributed by atoms with Gasteiger partial charge in [0.25, 0.3) is 0 Å². The lowest BCUT2D eigenvalue weighted by Crippen LogP contribution is -2.06. The van der Waals surface area contributed by atoms with Crippen LogP contribution in [0, 0.1) is 0 Å². The van der Waals surface area contributed by atoms with Crippen LogP contribution in [0.5, 0.6) is 0 Å². The Hall–Kier alpha value is -2.82. The third kappa shape index (κ3) is 2.01. The smallest absolute Gasteiger partial charge is 0.345 e. The molecule has 3 rings (SSSR count). The van der Waals surface area contributed by atoms with Crippen LogP contribution in [-0.2, 0) is 0 Å². The molecule has 2 aromatic heterocycles. The average Bonchev–Trinajstić information content (AvgIpc) is 2.45. The SMILES string of the molecule is Nc1oc(=O)c2ccccc2c1Nc1ccncc1. The number of nitrogens with two attached hydrogens (primary N) is 1. The number of nitrogens with zero attached hydrogens (tertiary/aromatic N) is 1. The van der Waals surface area contributed by atoms with E-state index in [0.29, 0.717) is 11.1 Å². The zero-order valence-electron chi connectivity index (χ0n) is 9.96. The summed E-state index contributed by atoms with van der Waals surface area (Å²) in [5.41, 5.74) is 6.76. The largest absolute Gasteiger partial charge is 0.404 e. The van der Waals surface area contributed by atoms with E-state index in [2.05, 4.69) is 10.3 Å². The molecular weight excluding hydrogens is 242 g/mol.